The van der Waals surface area contributed by atoms with Gasteiger partial charge < -0.3 is 26.8 Å². The van der Waals surface area contributed by atoms with E-state index in [0.717, 1.165) is 37.6 Å². The van der Waals surface area contributed by atoms with Crippen LogP contribution in [0.4, 0.5) is 28.8 Å². The summed E-state index contributed by atoms with van der Waals surface area (Å²) in [5, 5.41) is 12.9. The first-order chi connectivity index (χ1) is 17.4. The largest absolute Gasteiger partial charge is 0.397 e. The molecule has 0 radical (unpaired) electrons. The summed E-state index contributed by atoms with van der Waals surface area (Å²) in [6.07, 6.45) is 1.51. The molecule has 0 bridgehead atoms. The van der Waals surface area contributed by atoms with Gasteiger partial charge >= 0.3 is 5.69 Å². The summed E-state index contributed by atoms with van der Waals surface area (Å²) in [4.78, 5) is 30.2. The van der Waals surface area contributed by atoms with Crippen LogP contribution < -0.4 is 27.4 Å². The minimum Gasteiger partial charge on any atom is -0.397 e. The highest BCUT2D eigenvalue weighted by atomic mass is 35.5. The molecule has 5 rings (SSSR count). The molecule has 0 amide bonds. The van der Waals surface area contributed by atoms with Gasteiger partial charge in [-0.25, -0.2) is 14.3 Å². The molecule has 4 aromatic rings. The zero-order valence-corrected chi connectivity index (χ0v) is 20.2. The highest BCUT2D eigenvalue weighted by molar-refractivity contribution is 6.33. The number of nitrogens with one attached hydrogen (secondary N) is 1. The van der Waals surface area contributed by atoms with Gasteiger partial charge in [0.15, 0.2) is 5.65 Å². The molecule has 2 aromatic carbocycles. The van der Waals surface area contributed by atoms with E-state index in [2.05, 4.69) is 30.1 Å². The number of aromatic nitrogens is 4. The Morgan fingerprint density at radius 2 is 1.78 bits per heavy atom. The van der Waals surface area contributed by atoms with Crippen LogP contribution in [0, 0.1) is 0 Å². The molecule has 1 fully saturated rings. The molecule has 2 aromatic heterocycles. The lowest BCUT2D eigenvalue weighted by molar-refractivity contribution is 0.189. The number of para-hydroxylation sites is 1. The Hall–Kier alpha value is -3.93. The summed E-state index contributed by atoms with van der Waals surface area (Å²) in [7, 11) is 0. The number of benzene rings is 2. The van der Waals surface area contributed by atoms with Crippen molar-refractivity contribution in [1.29, 1.82) is 0 Å². The summed E-state index contributed by atoms with van der Waals surface area (Å²) in [5.74, 6) is 0.383. The molecule has 0 saturated carbocycles. The fraction of sp³-hybridized carbons (Fsp3) is 0.250. The van der Waals surface area contributed by atoms with Gasteiger partial charge in [-0.1, -0.05) is 17.7 Å². The van der Waals surface area contributed by atoms with Crippen molar-refractivity contribution in [3.8, 4) is 5.69 Å². The topological polar surface area (TPSA) is 151 Å². The first-order valence-electron chi connectivity index (χ1n) is 11.5. The second kappa shape index (κ2) is 9.97. The van der Waals surface area contributed by atoms with E-state index in [1.165, 1.54) is 10.8 Å². The van der Waals surface area contributed by atoms with Crippen LogP contribution in [0.15, 0.2) is 53.5 Å². The fourth-order valence-electron chi connectivity index (χ4n) is 4.30. The van der Waals surface area contributed by atoms with Crippen LogP contribution in [0.25, 0.3) is 16.7 Å². The lowest BCUT2D eigenvalue weighted by Crippen LogP contribution is -2.47. The maximum Gasteiger partial charge on any atom is 0.355 e. The van der Waals surface area contributed by atoms with Crippen LogP contribution in [0.1, 0.15) is 0 Å². The van der Waals surface area contributed by atoms with E-state index in [-0.39, 0.29) is 34.7 Å². The monoisotopic (exact) mass is 507 g/mol. The number of nitrogens with two attached hydrogens (primary N) is 2. The summed E-state index contributed by atoms with van der Waals surface area (Å²) < 4.78 is 1.17. The van der Waals surface area contributed by atoms with Crippen molar-refractivity contribution in [1.82, 2.24) is 24.4 Å². The fourth-order valence-corrected chi connectivity index (χ4v) is 4.57. The number of β-amino-alcohol motifs (C(OH)–C–C–N with tert-alkyl or cyclic N) is 1. The van der Waals surface area contributed by atoms with Gasteiger partial charge in [-0.15, -0.1) is 0 Å². The molecule has 3 heterocycles. The zero-order chi connectivity index (χ0) is 25.2. The number of hydrogen-bond donors (Lipinski definition) is 4. The predicted molar refractivity (Wildman–Crippen MR) is 142 cm³/mol. The number of anilines is 5. The summed E-state index contributed by atoms with van der Waals surface area (Å²) in [6.45, 7) is 4.56. The van der Waals surface area contributed by atoms with Gasteiger partial charge in [0.2, 0.25) is 5.95 Å². The molecule has 186 valence electrons. The van der Waals surface area contributed by atoms with Crippen molar-refractivity contribution >= 4 is 51.5 Å². The third-order valence-corrected chi connectivity index (χ3v) is 6.50. The molecular formula is C24H26ClN9O2. The average Bonchev–Trinajstić information content (AvgIpc) is 2.87. The van der Waals surface area contributed by atoms with Crippen molar-refractivity contribution < 1.29 is 5.11 Å². The normalized spacial score (nSPS) is 14.3. The Morgan fingerprint density at radius 3 is 2.47 bits per heavy atom. The van der Waals surface area contributed by atoms with E-state index in [0.29, 0.717) is 17.6 Å². The van der Waals surface area contributed by atoms with Crippen LogP contribution in [0.2, 0.25) is 5.02 Å². The van der Waals surface area contributed by atoms with Crippen molar-refractivity contribution in [2.75, 3.05) is 61.0 Å². The number of nitrogens with zero attached hydrogens (tertiary/aromatic N) is 6. The third kappa shape index (κ3) is 4.63. The maximum atomic E-state index is 12.8. The van der Waals surface area contributed by atoms with E-state index < -0.39 is 5.69 Å². The molecule has 11 nitrogen and oxygen atoms in total. The van der Waals surface area contributed by atoms with Crippen LogP contribution in [0.3, 0.4) is 0 Å². The first-order valence-corrected chi connectivity index (χ1v) is 11.9. The lowest BCUT2D eigenvalue weighted by Gasteiger charge is -2.35. The Bertz CT molecular complexity index is 1430. The number of rotatable bonds is 6. The van der Waals surface area contributed by atoms with Crippen LogP contribution in [-0.4, -0.2) is 68.9 Å². The Kier molecular flexibility index (Phi) is 6.59. The number of hydrogen-bond acceptors (Lipinski definition) is 10. The SMILES string of the molecule is Nc1cccc(Cl)c1-n1c(N)c2cnc(Nc3ccc(N4CCN(CCO)CC4)cc3)nc2nc1=O. The standard InChI is InChI=1S/C24H26ClN9O2/c25-18-2-1-3-19(26)20(18)34-21(27)17-14-28-23(30-22(17)31-24(34)36)29-15-4-6-16(7-5-15)33-10-8-32(9-11-33)12-13-35/h1-7,14,35H,8-13,26-27H2,(H,29,30,31,36). The highest BCUT2D eigenvalue weighted by Crippen LogP contribution is 2.29. The number of aliphatic hydroxyl groups is 1. The van der Waals surface area contributed by atoms with Gasteiger partial charge in [-0.3, -0.25) is 4.90 Å². The quantitative estimate of drug-likeness (QED) is 0.284. The number of piperazine rings is 1. The Labute approximate surface area is 212 Å². The molecule has 0 unspecified atom stereocenters. The molecule has 1 aliphatic rings. The smallest absolute Gasteiger partial charge is 0.355 e. The highest BCUT2D eigenvalue weighted by Gasteiger charge is 2.18. The summed E-state index contributed by atoms with van der Waals surface area (Å²) in [5.41, 5.74) is 14.3. The maximum absolute atomic E-state index is 12.8. The van der Waals surface area contributed by atoms with Crippen molar-refractivity contribution in [2.24, 2.45) is 0 Å². The summed E-state index contributed by atoms with van der Waals surface area (Å²) >= 11 is 6.28. The van der Waals surface area contributed by atoms with Crippen LogP contribution in [0.5, 0.6) is 0 Å². The number of aliphatic hydroxyl groups excluding tert-OH is 1. The molecular weight excluding hydrogens is 482 g/mol. The minimum atomic E-state index is -0.645. The Balaban J connectivity index is 1.36. The van der Waals surface area contributed by atoms with Gasteiger partial charge in [0.1, 0.15) is 5.82 Å². The number of halogens is 1. The average molecular weight is 508 g/mol. The molecule has 0 spiro atoms. The van der Waals surface area contributed by atoms with Crippen LogP contribution >= 0.6 is 11.6 Å². The number of fused-ring (bicyclic) bond motifs is 1. The van der Waals surface area contributed by atoms with Gasteiger partial charge in [0.05, 0.1) is 28.4 Å². The van der Waals surface area contributed by atoms with Crippen molar-refractivity contribution in [2.45, 2.75) is 0 Å². The van der Waals surface area contributed by atoms with E-state index in [4.69, 9.17) is 28.2 Å². The first kappa shape index (κ1) is 23.8. The molecule has 36 heavy (non-hydrogen) atoms. The van der Waals surface area contributed by atoms with Gasteiger partial charge in [0, 0.05) is 50.3 Å². The molecule has 0 aliphatic carbocycles. The van der Waals surface area contributed by atoms with Crippen molar-refractivity contribution in [3.63, 3.8) is 0 Å². The molecule has 1 aliphatic heterocycles. The molecule has 0 atom stereocenters. The Morgan fingerprint density at radius 1 is 1.03 bits per heavy atom. The second-order valence-corrected chi connectivity index (χ2v) is 8.85. The van der Waals surface area contributed by atoms with Gasteiger partial charge in [-0.05, 0) is 36.4 Å². The number of nitrogen functional groups attached to an aromatic ring is 2. The third-order valence-electron chi connectivity index (χ3n) is 6.20. The van der Waals surface area contributed by atoms with Gasteiger partial charge in [0.25, 0.3) is 0 Å². The van der Waals surface area contributed by atoms with Crippen LogP contribution in [-0.2, 0) is 0 Å². The zero-order valence-electron chi connectivity index (χ0n) is 19.4. The van der Waals surface area contributed by atoms with E-state index in [1.54, 1.807) is 18.2 Å². The summed E-state index contributed by atoms with van der Waals surface area (Å²) in [6, 6.07) is 12.9. The van der Waals surface area contributed by atoms with Gasteiger partial charge in [-0.2, -0.15) is 9.97 Å². The van der Waals surface area contributed by atoms with E-state index in [1.807, 2.05) is 24.3 Å². The van der Waals surface area contributed by atoms with E-state index in [9.17, 15) is 4.79 Å². The molecule has 12 heteroatoms. The predicted octanol–water partition coefficient (Wildman–Crippen LogP) is 1.85. The van der Waals surface area contributed by atoms with E-state index >= 15 is 0 Å². The van der Waals surface area contributed by atoms with Crippen molar-refractivity contribution in [3.05, 3.63) is 64.2 Å². The minimum absolute atomic E-state index is 0.0970. The molecule has 1 saturated heterocycles. The lowest BCUT2D eigenvalue weighted by atomic mass is 10.2. The molecule has 6 N–H and O–H groups in total. The second-order valence-electron chi connectivity index (χ2n) is 8.45.